The van der Waals surface area contributed by atoms with Gasteiger partial charge in [0.2, 0.25) is 0 Å². The number of methoxy groups -OCH3 is 1. The molecule has 0 fully saturated rings. The zero-order valence-electron chi connectivity index (χ0n) is 12.3. The topological polar surface area (TPSA) is 96.6 Å². The quantitative estimate of drug-likeness (QED) is 0.719. The van der Waals surface area contributed by atoms with Crippen LogP contribution < -0.4 is 10.1 Å². The van der Waals surface area contributed by atoms with Crippen LogP contribution in [0.3, 0.4) is 0 Å². The third-order valence-electron chi connectivity index (χ3n) is 3.24. The van der Waals surface area contributed by atoms with Gasteiger partial charge in [-0.3, -0.25) is 4.68 Å². The minimum absolute atomic E-state index is 0.0172. The highest BCUT2D eigenvalue weighted by Gasteiger charge is 2.17. The summed E-state index contributed by atoms with van der Waals surface area (Å²) >= 11 is 0. The van der Waals surface area contributed by atoms with Gasteiger partial charge in [0.05, 0.1) is 32.0 Å². The molecule has 0 aliphatic rings. The molecule has 7 heteroatoms. The van der Waals surface area contributed by atoms with Crippen molar-refractivity contribution in [2.45, 2.75) is 19.0 Å². The zero-order chi connectivity index (χ0) is 15.9. The highest BCUT2D eigenvalue weighted by molar-refractivity contribution is 5.65. The van der Waals surface area contributed by atoms with E-state index in [4.69, 9.17) is 14.9 Å². The lowest BCUT2D eigenvalue weighted by molar-refractivity contribution is 0.189. The Morgan fingerprint density at radius 1 is 1.36 bits per heavy atom. The number of nitrogens with zero attached hydrogens (tertiary/aromatic N) is 2. The number of rotatable bonds is 7. The molecule has 0 radical (unpaired) electrons. The Morgan fingerprint density at radius 3 is 2.68 bits per heavy atom. The molecule has 0 saturated carbocycles. The molecule has 1 amide bonds. The first-order chi connectivity index (χ1) is 10.6. The number of benzene rings is 1. The summed E-state index contributed by atoms with van der Waals surface area (Å²) in [6.45, 7) is 0.360. The second kappa shape index (κ2) is 7.46. The second-order valence-electron chi connectivity index (χ2n) is 4.78. The molecule has 1 aromatic carbocycles. The van der Waals surface area contributed by atoms with Gasteiger partial charge >= 0.3 is 6.09 Å². The fraction of sp³-hybridized carbons (Fsp3) is 0.333. The van der Waals surface area contributed by atoms with Crippen molar-refractivity contribution in [3.63, 3.8) is 0 Å². The van der Waals surface area contributed by atoms with E-state index in [-0.39, 0.29) is 6.61 Å². The molecule has 0 bridgehead atoms. The molecular weight excluding hydrogens is 286 g/mol. The van der Waals surface area contributed by atoms with Gasteiger partial charge < -0.3 is 20.3 Å². The molecule has 1 aromatic heterocycles. The fourth-order valence-electron chi connectivity index (χ4n) is 2.17. The van der Waals surface area contributed by atoms with E-state index in [1.165, 1.54) is 0 Å². The SMILES string of the molecule is COc1ccc(CC(NC(=O)O)c2ccn(CCO)n2)cc1. The molecule has 1 heterocycles. The van der Waals surface area contributed by atoms with Crippen molar-refractivity contribution >= 4 is 6.09 Å². The Kier molecular flexibility index (Phi) is 5.37. The molecule has 2 rings (SSSR count). The highest BCUT2D eigenvalue weighted by Crippen LogP contribution is 2.19. The number of nitrogens with one attached hydrogen (secondary N) is 1. The number of aromatic nitrogens is 2. The first-order valence-corrected chi connectivity index (χ1v) is 6.89. The number of carbonyl (C=O) groups is 1. The van der Waals surface area contributed by atoms with Crippen LogP contribution in [0.2, 0.25) is 0 Å². The van der Waals surface area contributed by atoms with Crippen LogP contribution in [-0.2, 0) is 13.0 Å². The van der Waals surface area contributed by atoms with Gasteiger partial charge in [0.25, 0.3) is 0 Å². The molecule has 0 aliphatic carbocycles. The Labute approximate surface area is 128 Å². The third-order valence-corrected chi connectivity index (χ3v) is 3.24. The van der Waals surface area contributed by atoms with Crippen molar-refractivity contribution in [3.8, 4) is 5.75 Å². The molecule has 0 saturated heterocycles. The Balaban J connectivity index is 2.15. The van der Waals surface area contributed by atoms with Crippen LogP contribution >= 0.6 is 0 Å². The molecule has 1 unspecified atom stereocenters. The average Bonchev–Trinajstić information content (AvgIpc) is 2.96. The summed E-state index contributed by atoms with van der Waals surface area (Å²) in [5.41, 5.74) is 1.59. The summed E-state index contributed by atoms with van der Waals surface area (Å²) in [7, 11) is 1.59. The maximum Gasteiger partial charge on any atom is 0.405 e. The Morgan fingerprint density at radius 2 is 2.09 bits per heavy atom. The van der Waals surface area contributed by atoms with Gasteiger partial charge in [0.1, 0.15) is 5.75 Å². The van der Waals surface area contributed by atoms with Crippen LogP contribution in [-0.4, -0.2) is 39.8 Å². The van der Waals surface area contributed by atoms with E-state index in [0.29, 0.717) is 18.7 Å². The van der Waals surface area contributed by atoms with E-state index in [1.807, 2.05) is 24.3 Å². The predicted molar refractivity (Wildman–Crippen MR) is 79.9 cm³/mol. The molecule has 22 heavy (non-hydrogen) atoms. The van der Waals surface area contributed by atoms with Crippen LogP contribution in [0, 0.1) is 0 Å². The standard InChI is InChI=1S/C15H19N3O4/c1-22-12-4-2-11(3-5-12)10-14(16-15(20)21)13-6-7-18(17-13)8-9-19/h2-7,14,16,19H,8-10H2,1H3,(H,20,21). The van der Waals surface area contributed by atoms with E-state index in [2.05, 4.69) is 10.4 Å². The summed E-state index contributed by atoms with van der Waals surface area (Å²) < 4.78 is 6.69. The number of amides is 1. The predicted octanol–water partition coefficient (Wildman–Crippen LogP) is 1.44. The smallest absolute Gasteiger partial charge is 0.405 e. The number of carboxylic acid groups (broad SMARTS) is 1. The molecular formula is C15H19N3O4. The second-order valence-corrected chi connectivity index (χ2v) is 4.78. The lowest BCUT2D eigenvalue weighted by Crippen LogP contribution is -2.28. The zero-order valence-corrected chi connectivity index (χ0v) is 12.3. The molecule has 7 nitrogen and oxygen atoms in total. The van der Waals surface area contributed by atoms with E-state index in [9.17, 15) is 4.79 Å². The maximum atomic E-state index is 11.0. The van der Waals surface area contributed by atoms with Crippen molar-refractivity contribution in [1.29, 1.82) is 0 Å². The van der Waals surface area contributed by atoms with Gasteiger partial charge in [-0.2, -0.15) is 5.10 Å². The van der Waals surface area contributed by atoms with Gasteiger partial charge in [-0.15, -0.1) is 0 Å². The lowest BCUT2D eigenvalue weighted by Gasteiger charge is -2.15. The van der Waals surface area contributed by atoms with Crippen molar-refractivity contribution in [2.24, 2.45) is 0 Å². The Bertz CT molecular complexity index is 610. The highest BCUT2D eigenvalue weighted by atomic mass is 16.5. The number of hydrogen-bond acceptors (Lipinski definition) is 4. The van der Waals surface area contributed by atoms with Crippen molar-refractivity contribution in [2.75, 3.05) is 13.7 Å². The first-order valence-electron chi connectivity index (χ1n) is 6.89. The molecule has 3 N–H and O–H groups in total. The number of hydrogen-bond donors (Lipinski definition) is 3. The van der Waals surface area contributed by atoms with Crippen LogP contribution in [0.5, 0.6) is 5.75 Å². The van der Waals surface area contributed by atoms with Crippen LogP contribution in [0.25, 0.3) is 0 Å². The summed E-state index contributed by atoms with van der Waals surface area (Å²) in [5.74, 6) is 0.749. The summed E-state index contributed by atoms with van der Waals surface area (Å²) in [5, 5.41) is 24.7. The number of aliphatic hydroxyl groups is 1. The molecule has 118 valence electrons. The van der Waals surface area contributed by atoms with Crippen LogP contribution in [0.1, 0.15) is 17.3 Å². The Hall–Kier alpha value is -2.54. The lowest BCUT2D eigenvalue weighted by atomic mass is 10.0. The summed E-state index contributed by atoms with van der Waals surface area (Å²) in [6, 6.07) is 8.74. The average molecular weight is 305 g/mol. The number of aliphatic hydroxyl groups excluding tert-OH is 1. The summed E-state index contributed by atoms with van der Waals surface area (Å²) in [4.78, 5) is 11.0. The van der Waals surface area contributed by atoms with Gasteiger partial charge in [0.15, 0.2) is 0 Å². The van der Waals surface area contributed by atoms with Crippen LogP contribution in [0.15, 0.2) is 36.5 Å². The minimum atomic E-state index is -1.10. The molecule has 1 atom stereocenters. The van der Waals surface area contributed by atoms with Gasteiger partial charge in [-0.25, -0.2) is 4.79 Å². The normalized spacial score (nSPS) is 11.9. The van der Waals surface area contributed by atoms with E-state index >= 15 is 0 Å². The van der Waals surface area contributed by atoms with Crippen LogP contribution in [0.4, 0.5) is 4.79 Å². The minimum Gasteiger partial charge on any atom is -0.497 e. The third kappa shape index (κ3) is 4.23. The van der Waals surface area contributed by atoms with E-state index in [1.54, 1.807) is 24.1 Å². The molecule has 0 aliphatic heterocycles. The largest absolute Gasteiger partial charge is 0.497 e. The summed E-state index contributed by atoms with van der Waals surface area (Å²) in [6.07, 6.45) is 1.10. The van der Waals surface area contributed by atoms with Crippen molar-refractivity contribution in [1.82, 2.24) is 15.1 Å². The first kappa shape index (κ1) is 15.8. The van der Waals surface area contributed by atoms with Gasteiger partial charge in [-0.05, 0) is 30.2 Å². The van der Waals surface area contributed by atoms with E-state index < -0.39 is 12.1 Å². The van der Waals surface area contributed by atoms with E-state index in [0.717, 1.165) is 11.3 Å². The molecule has 2 aromatic rings. The molecule has 0 spiro atoms. The number of ether oxygens (including phenoxy) is 1. The van der Waals surface area contributed by atoms with Crippen molar-refractivity contribution in [3.05, 3.63) is 47.8 Å². The monoisotopic (exact) mass is 305 g/mol. The maximum absolute atomic E-state index is 11.0. The van der Waals surface area contributed by atoms with Gasteiger partial charge in [0, 0.05) is 6.20 Å². The van der Waals surface area contributed by atoms with Crippen molar-refractivity contribution < 1.29 is 19.7 Å². The fourth-order valence-corrected chi connectivity index (χ4v) is 2.17. The van der Waals surface area contributed by atoms with Gasteiger partial charge in [-0.1, -0.05) is 12.1 Å².